The molecule has 1 aromatic rings. The van der Waals surface area contributed by atoms with Gasteiger partial charge in [-0.1, -0.05) is 0 Å². The van der Waals surface area contributed by atoms with Gasteiger partial charge in [-0.25, -0.2) is 0 Å². The standard InChI is InChI=1S/C13H20N2O3/c1-10-6-11(8-14-7-10)12(17)15-13(2,4-5-16)9-18-3/h6-8,16H,4-5,9H2,1-3H3,(H,15,17). The maximum Gasteiger partial charge on any atom is 0.253 e. The fourth-order valence-electron chi connectivity index (χ4n) is 1.76. The van der Waals surface area contributed by atoms with Gasteiger partial charge in [-0.15, -0.1) is 0 Å². The molecular weight excluding hydrogens is 232 g/mol. The van der Waals surface area contributed by atoms with Gasteiger partial charge in [0.25, 0.3) is 5.91 Å². The van der Waals surface area contributed by atoms with Crippen LogP contribution in [0.4, 0.5) is 0 Å². The number of aromatic nitrogens is 1. The van der Waals surface area contributed by atoms with Gasteiger partial charge in [0.15, 0.2) is 0 Å². The Balaban J connectivity index is 2.78. The van der Waals surface area contributed by atoms with Gasteiger partial charge in [-0.05, 0) is 31.9 Å². The second-order valence-electron chi connectivity index (χ2n) is 4.67. The second kappa shape index (κ2) is 6.47. The predicted molar refractivity (Wildman–Crippen MR) is 68.4 cm³/mol. The molecule has 0 aliphatic rings. The molecule has 2 N–H and O–H groups in total. The normalized spacial score (nSPS) is 14.0. The van der Waals surface area contributed by atoms with E-state index in [2.05, 4.69) is 10.3 Å². The summed E-state index contributed by atoms with van der Waals surface area (Å²) in [7, 11) is 1.57. The molecule has 0 spiro atoms. The minimum absolute atomic E-state index is 0.00773. The van der Waals surface area contributed by atoms with E-state index in [4.69, 9.17) is 9.84 Å². The summed E-state index contributed by atoms with van der Waals surface area (Å²) >= 11 is 0. The summed E-state index contributed by atoms with van der Waals surface area (Å²) in [6.07, 6.45) is 3.65. The summed E-state index contributed by atoms with van der Waals surface area (Å²) in [5.41, 5.74) is 0.859. The third-order valence-electron chi connectivity index (χ3n) is 2.68. The Kier molecular flexibility index (Phi) is 5.25. The van der Waals surface area contributed by atoms with Crippen molar-refractivity contribution in [2.75, 3.05) is 20.3 Å². The molecule has 0 fully saturated rings. The lowest BCUT2D eigenvalue weighted by Gasteiger charge is -2.29. The highest BCUT2D eigenvalue weighted by Crippen LogP contribution is 2.11. The van der Waals surface area contributed by atoms with Crippen LogP contribution in [0.15, 0.2) is 18.5 Å². The van der Waals surface area contributed by atoms with Crippen molar-refractivity contribution < 1.29 is 14.6 Å². The number of nitrogens with zero attached hydrogens (tertiary/aromatic N) is 1. The first-order valence-electron chi connectivity index (χ1n) is 5.85. The maximum atomic E-state index is 12.1. The molecule has 5 nitrogen and oxygen atoms in total. The Labute approximate surface area is 107 Å². The fourth-order valence-corrected chi connectivity index (χ4v) is 1.76. The average molecular weight is 252 g/mol. The molecule has 1 atom stereocenters. The van der Waals surface area contributed by atoms with Crippen molar-refractivity contribution in [3.63, 3.8) is 0 Å². The first-order valence-corrected chi connectivity index (χ1v) is 5.85. The fraction of sp³-hybridized carbons (Fsp3) is 0.538. The average Bonchev–Trinajstić information content (AvgIpc) is 2.29. The van der Waals surface area contributed by atoms with Crippen molar-refractivity contribution in [1.82, 2.24) is 10.3 Å². The molecule has 0 aromatic carbocycles. The Bertz CT molecular complexity index is 401. The number of ether oxygens (including phenoxy) is 1. The SMILES string of the molecule is COCC(C)(CCO)NC(=O)c1cncc(C)c1. The number of methoxy groups -OCH3 is 1. The molecule has 1 aromatic heterocycles. The van der Waals surface area contributed by atoms with E-state index in [0.717, 1.165) is 5.56 Å². The van der Waals surface area contributed by atoms with Crippen molar-refractivity contribution in [3.05, 3.63) is 29.6 Å². The minimum atomic E-state index is -0.579. The molecule has 1 heterocycles. The maximum absolute atomic E-state index is 12.1. The van der Waals surface area contributed by atoms with Crippen LogP contribution in [0.3, 0.4) is 0 Å². The zero-order chi connectivity index (χ0) is 13.6. The number of carbonyl (C=O) groups is 1. The number of nitrogens with one attached hydrogen (secondary N) is 1. The molecular formula is C13H20N2O3. The molecule has 1 amide bonds. The zero-order valence-corrected chi connectivity index (χ0v) is 11.1. The highest BCUT2D eigenvalue weighted by Gasteiger charge is 2.26. The number of pyridine rings is 1. The number of aryl methyl sites for hydroxylation is 1. The van der Waals surface area contributed by atoms with Gasteiger partial charge in [0, 0.05) is 26.1 Å². The van der Waals surface area contributed by atoms with E-state index in [1.807, 2.05) is 13.8 Å². The highest BCUT2D eigenvalue weighted by molar-refractivity contribution is 5.94. The number of hydrogen-bond acceptors (Lipinski definition) is 4. The van der Waals surface area contributed by atoms with Gasteiger partial charge in [0.2, 0.25) is 0 Å². The van der Waals surface area contributed by atoms with Crippen LogP contribution in [0.1, 0.15) is 29.3 Å². The Morgan fingerprint density at radius 2 is 2.28 bits per heavy atom. The zero-order valence-electron chi connectivity index (χ0n) is 11.1. The van der Waals surface area contributed by atoms with Gasteiger partial charge in [0.1, 0.15) is 0 Å². The summed E-state index contributed by atoms with van der Waals surface area (Å²) < 4.78 is 5.08. The van der Waals surface area contributed by atoms with Crippen molar-refractivity contribution in [2.45, 2.75) is 25.8 Å². The number of rotatable bonds is 6. The van der Waals surface area contributed by atoms with E-state index in [9.17, 15) is 4.79 Å². The van der Waals surface area contributed by atoms with Crippen molar-refractivity contribution in [3.8, 4) is 0 Å². The van der Waals surface area contributed by atoms with Crippen LogP contribution in [-0.2, 0) is 4.74 Å². The lowest BCUT2D eigenvalue weighted by atomic mass is 9.98. The molecule has 0 radical (unpaired) electrons. The lowest BCUT2D eigenvalue weighted by molar-refractivity contribution is 0.0725. The smallest absolute Gasteiger partial charge is 0.253 e. The summed E-state index contributed by atoms with van der Waals surface area (Å²) in [5, 5.41) is 11.9. The first-order chi connectivity index (χ1) is 8.50. The van der Waals surface area contributed by atoms with E-state index >= 15 is 0 Å². The Morgan fingerprint density at radius 3 is 2.83 bits per heavy atom. The Morgan fingerprint density at radius 1 is 1.56 bits per heavy atom. The van der Waals surface area contributed by atoms with Gasteiger partial charge in [-0.3, -0.25) is 9.78 Å². The van der Waals surface area contributed by atoms with Crippen LogP contribution in [0.5, 0.6) is 0 Å². The molecule has 0 saturated carbocycles. The molecule has 0 saturated heterocycles. The molecule has 100 valence electrons. The molecule has 18 heavy (non-hydrogen) atoms. The highest BCUT2D eigenvalue weighted by atomic mass is 16.5. The number of aliphatic hydroxyl groups excluding tert-OH is 1. The summed E-state index contributed by atoms with van der Waals surface area (Å²) in [6, 6.07) is 1.77. The molecule has 0 bridgehead atoms. The van der Waals surface area contributed by atoms with Crippen molar-refractivity contribution >= 4 is 5.91 Å². The number of aliphatic hydroxyl groups is 1. The quantitative estimate of drug-likeness (QED) is 0.789. The third-order valence-corrected chi connectivity index (χ3v) is 2.68. The van der Waals surface area contributed by atoms with Crippen molar-refractivity contribution in [1.29, 1.82) is 0 Å². The summed E-state index contributed by atoms with van der Waals surface area (Å²) in [4.78, 5) is 16.1. The molecule has 1 unspecified atom stereocenters. The molecule has 5 heteroatoms. The molecule has 0 aliphatic heterocycles. The van der Waals surface area contributed by atoms with Crippen LogP contribution < -0.4 is 5.32 Å². The van der Waals surface area contributed by atoms with Crippen LogP contribution in [0.2, 0.25) is 0 Å². The van der Waals surface area contributed by atoms with Gasteiger partial charge in [-0.2, -0.15) is 0 Å². The number of hydrogen-bond donors (Lipinski definition) is 2. The van der Waals surface area contributed by atoms with Gasteiger partial charge in [0.05, 0.1) is 17.7 Å². The predicted octanol–water partition coefficient (Wildman–Crippen LogP) is 0.907. The molecule has 1 rings (SSSR count). The van der Waals surface area contributed by atoms with Crippen LogP contribution in [0.25, 0.3) is 0 Å². The third kappa shape index (κ3) is 4.09. The van der Waals surface area contributed by atoms with Crippen LogP contribution >= 0.6 is 0 Å². The molecule has 0 aliphatic carbocycles. The Hall–Kier alpha value is -1.46. The van der Waals surface area contributed by atoms with Crippen LogP contribution in [0, 0.1) is 6.92 Å². The first kappa shape index (κ1) is 14.6. The monoisotopic (exact) mass is 252 g/mol. The number of carbonyl (C=O) groups excluding carboxylic acids is 1. The van der Waals surface area contributed by atoms with E-state index in [1.54, 1.807) is 19.4 Å². The minimum Gasteiger partial charge on any atom is -0.396 e. The summed E-state index contributed by atoms with van der Waals surface area (Å²) in [6.45, 7) is 4.06. The van der Waals surface area contributed by atoms with Crippen molar-refractivity contribution in [2.24, 2.45) is 0 Å². The van der Waals surface area contributed by atoms with E-state index in [-0.39, 0.29) is 12.5 Å². The van der Waals surface area contributed by atoms with E-state index in [1.165, 1.54) is 6.20 Å². The van der Waals surface area contributed by atoms with Crippen LogP contribution in [-0.4, -0.2) is 41.9 Å². The topological polar surface area (TPSA) is 71.5 Å². The van der Waals surface area contributed by atoms with E-state index in [0.29, 0.717) is 18.6 Å². The largest absolute Gasteiger partial charge is 0.396 e. The lowest BCUT2D eigenvalue weighted by Crippen LogP contribution is -2.50. The number of amides is 1. The van der Waals surface area contributed by atoms with Gasteiger partial charge < -0.3 is 15.2 Å². The summed E-state index contributed by atoms with van der Waals surface area (Å²) in [5.74, 6) is -0.209. The second-order valence-corrected chi connectivity index (χ2v) is 4.67. The van der Waals surface area contributed by atoms with Gasteiger partial charge >= 0.3 is 0 Å². The van der Waals surface area contributed by atoms with E-state index < -0.39 is 5.54 Å².